The monoisotopic (exact) mass is 447 g/mol. The van der Waals surface area contributed by atoms with Crippen molar-refractivity contribution in [2.24, 2.45) is 0 Å². The molecule has 1 aliphatic heterocycles. The van der Waals surface area contributed by atoms with Crippen molar-refractivity contribution >= 4 is 35.1 Å². The van der Waals surface area contributed by atoms with E-state index in [4.69, 9.17) is 11.6 Å². The molecule has 162 valence electrons. The molecule has 1 saturated heterocycles. The number of rotatable bonds is 8. The molecule has 0 saturated carbocycles. The van der Waals surface area contributed by atoms with Gasteiger partial charge in [-0.2, -0.15) is 0 Å². The van der Waals surface area contributed by atoms with Gasteiger partial charge in [0.1, 0.15) is 11.0 Å². The van der Waals surface area contributed by atoms with E-state index in [0.29, 0.717) is 10.3 Å². The Labute approximate surface area is 188 Å². The topological polar surface area (TPSA) is 52.6 Å². The average molecular weight is 448 g/mol. The molecule has 0 bridgehead atoms. The van der Waals surface area contributed by atoms with E-state index in [-0.39, 0.29) is 5.91 Å². The maximum absolute atomic E-state index is 12.7. The molecule has 1 aromatic heterocycles. The lowest BCUT2D eigenvalue weighted by Gasteiger charge is -2.34. The highest BCUT2D eigenvalue weighted by molar-refractivity contribution is 7.98. The zero-order valence-electron chi connectivity index (χ0n) is 18.0. The Bertz CT molecular complexity index is 836. The number of aromatic nitrogens is 2. The minimum absolute atomic E-state index is 0.118. The number of halogens is 1. The van der Waals surface area contributed by atoms with Gasteiger partial charge in [0.05, 0.1) is 0 Å². The van der Waals surface area contributed by atoms with Gasteiger partial charge >= 0.3 is 0 Å². The summed E-state index contributed by atoms with van der Waals surface area (Å²) in [5.74, 6) is 1.69. The van der Waals surface area contributed by atoms with Crippen LogP contribution < -0.4 is 4.90 Å². The third kappa shape index (κ3) is 5.86. The standard InChI is InChI=1S/C22H30ClN5OS/c1-4-26-11-13-28(14-12-26)21(29)18-9-7-17(8-10-18)16-30-22-24-19(23)15-20(25-22)27(5-2)6-3/h7-10,15H,4-6,11-14,16H2,1-3H3. The summed E-state index contributed by atoms with van der Waals surface area (Å²) in [5.41, 5.74) is 1.87. The normalized spacial score (nSPS) is 14.7. The second kappa shape index (κ2) is 11.0. The Kier molecular flexibility index (Phi) is 8.36. The number of carbonyl (C=O) groups excluding carboxylic acids is 1. The lowest BCUT2D eigenvalue weighted by molar-refractivity contribution is 0.0643. The fourth-order valence-corrected chi connectivity index (χ4v) is 4.54. The van der Waals surface area contributed by atoms with E-state index in [9.17, 15) is 4.79 Å². The number of hydrogen-bond acceptors (Lipinski definition) is 6. The second-order valence-corrected chi connectivity index (χ2v) is 8.55. The van der Waals surface area contributed by atoms with Crippen LogP contribution in [0.1, 0.15) is 36.7 Å². The second-order valence-electron chi connectivity index (χ2n) is 7.22. The van der Waals surface area contributed by atoms with Gasteiger partial charge in [-0.3, -0.25) is 4.79 Å². The Morgan fingerprint density at radius 3 is 2.33 bits per heavy atom. The van der Waals surface area contributed by atoms with Crippen LogP contribution in [0.25, 0.3) is 0 Å². The summed E-state index contributed by atoms with van der Waals surface area (Å²) in [6.45, 7) is 12.6. The molecule has 30 heavy (non-hydrogen) atoms. The quantitative estimate of drug-likeness (QED) is 0.345. The van der Waals surface area contributed by atoms with E-state index in [1.807, 2.05) is 29.2 Å². The van der Waals surface area contributed by atoms with Crippen molar-refractivity contribution in [2.75, 3.05) is 50.7 Å². The van der Waals surface area contributed by atoms with Gasteiger partial charge in [-0.15, -0.1) is 0 Å². The van der Waals surface area contributed by atoms with Crippen LogP contribution in [0, 0.1) is 0 Å². The number of amides is 1. The summed E-state index contributed by atoms with van der Waals surface area (Å²) in [4.78, 5) is 28.2. The first-order valence-corrected chi connectivity index (χ1v) is 11.9. The number of likely N-dealkylation sites (N-methyl/N-ethyl adjacent to an activating group) is 1. The van der Waals surface area contributed by atoms with Crippen LogP contribution in [0.3, 0.4) is 0 Å². The van der Waals surface area contributed by atoms with E-state index in [2.05, 4.69) is 40.5 Å². The molecule has 0 spiro atoms. The highest BCUT2D eigenvalue weighted by Crippen LogP contribution is 2.25. The fraction of sp³-hybridized carbons (Fsp3) is 0.500. The molecule has 8 heteroatoms. The van der Waals surface area contributed by atoms with Gasteiger partial charge in [-0.25, -0.2) is 9.97 Å². The number of benzene rings is 1. The van der Waals surface area contributed by atoms with E-state index in [1.165, 1.54) is 0 Å². The van der Waals surface area contributed by atoms with Crippen molar-refractivity contribution in [1.82, 2.24) is 19.8 Å². The summed E-state index contributed by atoms with van der Waals surface area (Å²) < 4.78 is 0. The van der Waals surface area contributed by atoms with Crippen LogP contribution in [-0.4, -0.2) is 71.5 Å². The summed E-state index contributed by atoms with van der Waals surface area (Å²) in [5, 5.41) is 1.12. The van der Waals surface area contributed by atoms with E-state index >= 15 is 0 Å². The van der Waals surface area contributed by atoms with Gasteiger partial charge in [-0.05, 0) is 38.1 Å². The summed E-state index contributed by atoms with van der Waals surface area (Å²) in [6, 6.07) is 9.67. The molecule has 0 aliphatic carbocycles. The van der Waals surface area contributed by atoms with Crippen LogP contribution in [-0.2, 0) is 5.75 Å². The first-order chi connectivity index (χ1) is 14.5. The predicted molar refractivity (Wildman–Crippen MR) is 125 cm³/mol. The smallest absolute Gasteiger partial charge is 0.253 e. The first-order valence-electron chi connectivity index (χ1n) is 10.6. The van der Waals surface area contributed by atoms with Crippen LogP contribution in [0.4, 0.5) is 5.82 Å². The third-order valence-corrected chi connectivity index (χ3v) is 6.54. The molecule has 0 radical (unpaired) electrons. The molecule has 0 atom stereocenters. The van der Waals surface area contributed by atoms with Crippen LogP contribution in [0.15, 0.2) is 35.5 Å². The van der Waals surface area contributed by atoms with Crippen molar-refractivity contribution in [3.63, 3.8) is 0 Å². The highest BCUT2D eigenvalue weighted by Gasteiger charge is 2.21. The minimum atomic E-state index is 0.118. The molecule has 1 aliphatic rings. The number of anilines is 1. The van der Waals surface area contributed by atoms with E-state index in [0.717, 1.165) is 68.5 Å². The number of nitrogens with zero attached hydrogens (tertiary/aromatic N) is 5. The molecule has 6 nitrogen and oxygen atoms in total. The van der Waals surface area contributed by atoms with Gasteiger partial charge in [0.15, 0.2) is 5.16 Å². The van der Waals surface area contributed by atoms with Crippen molar-refractivity contribution in [2.45, 2.75) is 31.7 Å². The Morgan fingerprint density at radius 1 is 1.07 bits per heavy atom. The van der Waals surface area contributed by atoms with Gasteiger partial charge in [0.2, 0.25) is 0 Å². The molecule has 1 fully saturated rings. The third-order valence-electron chi connectivity index (χ3n) is 5.42. The van der Waals surface area contributed by atoms with Crippen molar-refractivity contribution in [1.29, 1.82) is 0 Å². The molecule has 2 aromatic rings. The SMILES string of the molecule is CCN1CCN(C(=O)c2ccc(CSc3nc(Cl)cc(N(CC)CC)n3)cc2)CC1. The zero-order valence-corrected chi connectivity index (χ0v) is 19.5. The lowest BCUT2D eigenvalue weighted by atomic mass is 10.1. The Balaban J connectivity index is 1.59. The average Bonchev–Trinajstić information content (AvgIpc) is 2.78. The number of thioether (sulfide) groups is 1. The minimum Gasteiger partial charge on any atom is -0.357 e. The van der Waals surface area contributed by atoms with Crippen LogP contribution >= 0.6 is 23.4 Å². The van der Waals surface area contributed by atoms with Crippen LogP contribution in [0.5, 0.6) is 0 Å². The number of piperazine rings is 1. The fourth-order valence-electron chi connectivity index (χ4n) is 3.50. The van der Waals surface area contributed by atoms with Gasteiger partial charge in [0.25, 0.3) is 5.91 Å². The molecular weight excluding hydrogens is 418 g/mol. The largest absolute Gasteiger partial charge is 0.357 e. The summed E-state index contributed by atoms with van der Waals surface area (Å²) in [6.07, 6.45) is 0. The van der Waals surface area contributed by atoms with Crippen molar-refractivity contribution < 1.29 is 4.79 Å². The van der Waals surface area contributed by atoms with E-state index < -0.39 is 0 Å². The van der Waals surface area contributed by atoms with Gasteiger partial charge in [-0.1, -0.05) is 42.4 Å². The summed E-state index contributed by atoms with van der Waals surface area (Å²) >= 11 is 7.75. The molecule has 1 amide bonds. The molecule has 0 unspecified atom stereocenters. The number of carbonyl (C=O) groups is 1. The zero-order chi connectivity index (χ0) is 21.5. The maximum atomic E-state index is 12.7. The van der Waals surface area contributed by atoms with E-state index in [1.54, 1.807) is 17.8 Å². The molecular formula is C22H30ClN5OS. The highest BCUT2D eigenvalue weighted by atomic mass is 35.5. The molecule has 1 aromatic carbocycles. The van der Waals surface area contributed by atoms with Crippen molar-refractivity contribution in [3.05, 3.63) is 46.6 Å². The number of hydrogen-bond donors (Lipinski definition) is 0. The van der Waals surface area contributed by atoms with Gasteiger partial charge in [0, 0.05) is 56.7 Å². The van der Waals surface area contributed by atoms with Crippen molar-refractivity contribution in [3.8, 4) is 0 Å². The molecule has 3 rings (SSSR count). The predicted octanol–water partition coefficient (Wildman–Crippen LogP) is 4.05. The molecule has 2 heterocycles. The Hall–Kier alpha value is -1.83. The van der Waals surface area contributed by atoms with Crippen LogP contribution in [0.2, 0.25) is 5.15 Å². The summed E-state index contributed by atoms with van der Waals surface area (Å²) in [7, 11) is 0. The lowest BCUT2D eigenvalue weighted by Crippen LogP contribution is -2.48. The Morgan fingerprint density at radius 2 is 1.73 bits per heavy atom. The van der Waals surface area contributed by atoms with Gasteiger partial charge < -0.3 is 14.7 Å². The molecule has 0 N–H and O–H groups in total. The maximum Gasteiger partial charge on any atom is 0.253 e. The first kappa shape index (κ1) is 22.8.